The molecule has 8 heteroatoms. The van der Waals surface area contributed by atoms with Crippen LogP contribution in [0, 0.1) is 13.8 Å². The Morgan fingerprint density at radius 2 is 1.90 bits per heavy atom. The highest BCUT2D eigenvalue weighted by molar-refractivity contribution is 7.99. The Hall–Kier alpha value is -2.74. The van der Waals surface area contributed by atoms with Crippen molar-refractivity contribution in [3.63, 3.8) is 0 Å². The molecule has 0 bridgehead atoms. The van der Waals surface area contributed by atoms with Gasteiger partial charge in [0, 0.05) is 23.1 Å². The molecule has 0 saturated carbocycles. The molecule has 0 amide bonds. The first-order valence-corrected chi connectivity index (χ1v) is 10.2. The summed E-state index contributed by atoms with van der Waals surface area (Å²) >= 11 is 1.51. The molecule has 1 atom stereocenters. The topological polar surface area (TPSA) is 66.0 Å². The third kappa shape index (κ3) is 5.24. The molecule has 0 radical (unpaired) electrons. The second kappa shape index (κ2) is 8.95. The Kier molecular flexibility index (Phi) is 6.55. The number of benzene rings is 2. The van der Waals surface area contributed by atoms with Crippen LogP contribution in [0.5, 0.6) is 0 Å². The van der Waals surface area contributed by atoms with Crippen LogP contribution in [0.4, 0.5) is 13.2 Å². The number of carbonyl (C=O) groups is 1. The fraction of sp³-hybridized carbons (Fsp3) is 0.273. The van der Waals surface area contributed by atoms with Gasteiger partial charge >= 0.3 is 12.1 Å². The van der Waals surface area contributed by atoms with Crippen molar-refractivity contribution in [3.8, 4) is 0 Å². The molecule has 0 aliphatic rings. The standard InChI is InChI=1S/C22H21F3N2O2S/c1-13-10-18(6-3-15(13)5-8-20(28)29)30-21(17-11-26-27-12-17)16-4-7-19(14(2)9-16)22(23,24)25/h3-4,6-7,9-12,21H,5,8H2,1-2H3,(H,26,27)(H,28,29). The molecule has 1 aromatic heterocycles. The van der Waals surface area contributed by atoms with E-state index in [1.807, 2.05) is 25.1 Å². The summed E-state index contributed by atoms with van der Waals surface area (Å²) in [5, 5.41) is 15.4. The largest absolute Gasteiger partial charge is 0.481 e. The molecule has 1 unspecified atom stereocenters. The molecule has 2 N–H and O–H groups in total. The minimum Gasteiger partial charge on any atom is -0.481 e. The number of thioether (sulfide) groups is 1. The number of hydrogen-bond acceptors (Lipinski definition) is 3. The number of aryl methyl sites for hydroxylation is 3. The van der Waals surface area contributed by atoms with Gasteiger partial charge in [-0.1, -0.05) is 18.2 Å². The molecule has 30 heavy (non-hydrogen) atoms. The number of carboxylic acid groups (broad SMARTS) is 1. The van der Waals surface area contributed by atoms with Crippen LogP contribution in [-0.4, -0.2) is 21.3 Å². The Balaban J connectivity index is 1.90. The van der Waals surface area contributed by atoms with Crippen molar-refractivity contribution in [2.24, 2.45) is 0 Å². The number of nitrogens with zero attached hydrogens (tertiary/aromatic N) is 1. The number of aromatic amines is 1. The van der Waals surface area contributed by atoms with E-state index in [1.165, 1.54) is 24.8 Å². The second-order valence-corrected chi connectivity index (χ2v) is 8.26. The highest BCUT2D eigenvalue weighted by Gasteiger charge is 2.32. The molecular weight excluding hydrogens is 413 g/mol. The Morgan fingerprint density at radius 1 is 1.13 bits per heavy atom. The number of aromatic nitrogens is 2. The maximum Gasteiger partial charge on any atom is 0.416 e. The molecule has 2 aromatic carbocycles. The fourth-order valence-electron chi connectivity index (χ4n) is 3.30. The Labute approximate surface area is 176 Å². The van der Waals surface area contributed by atoms with Crippen molar-refractivity contribution in [1.29, 1.82) is 0 Å². The van der Waals surface area contributed by atoms with Crippen LogP contribution in [-0.2, 0) is 17.4 Å². The van der Waals surface area contributed by atoms with Gasteiger partial charge in [0.2, 0.25) is 0 Å². The number of halogens is 3. The van der Waals surface area contributed by atoms with E-state index in [1.54, 1.807) is 18.5 Å². The maximum atomic E-state index is 13.1. The van der Waals surface area contributed by atoms with Crippen LogP contribution in [0.2, 0.25) is 0 Å². The van der Waals surface area contributed by atoms with Gasteiger partial charge in [-0.25, -0.2) is 0 Å². The Morgan fingerprint density at radius 3 is 2.47 bits per heavy atom. The molecule has 158 valence electrons. The zero-order valence-electron chi connectivity index (χ0n) is 16.5. The molecule has 0 aliphatic carbocycles. The number of alkyl halides is 3. The predicted octanol–water partition coefficient (Wildman–Crippen LogP) is 5.94. The van der Waals surface area contributed by atoms with Crippen molar-refractivity contribution >= 4 is 17.7 Å². The monoisotopic (exact) mass is 434 g/mol. The molecule has 3 rings (SSSR count). The first-order chi connectivity index (χ1) is 14.1. The summed E-state index contributed by atoms with van der Waals surface area (Å²) < 4.78 is 39.4. The van der Waals surface area contributed by atoms with Gasteiger partial charge in [-0.2, -0.15) is 18.3 Å². The van der Waals surface area contributed by atoms with E-state index in [0.717, 1.165) is 33.2 Å². The number of nitrogens with one attached hydrogen (secondary N) is 1. The van der Waals surface area contributed by atoms with Gasteiger partial charge < -0.3 is 5.11 Å². The number of rotatable bonds is 7. The lowest BCUT2D eigenvalue weighted by Gasteiger charge is -2.19. The van der Waals surface area contributed by atoms with Crippen LogP contribution >= 0.6 is 11.8 Å². The summed E-state index contributed by atoms with van der Waals surface area (Å²) in [6, 6.07) is 10.0. The van der Waals surface area contributed by atoms with E-state index >= 15 is 0 Å². The lowest BCUT2D eigenvalue weighted by Crippen LogP contribution is -2.08. The van der Waals surface area contributed by atoms with Crippen molar-refractivity contribution in [3.05, 3.63) is 82.2 Å². The molecular formula is C22H21F3N2O2S. The van der Waals surface area contributed by atoms with E-state index in [0.29, 0.717) is 6.42 Å². The molecule has 0 aliphatic heterocycles. The zero-order valence-corrected chi connectivity index (χ0v) is 17.3. The van der Waals surface area contributed by atoms with E-state index in [-0.39, 0.29) is 17.2 Å². The van der Waals surface area contributed by atoms with Crippen LogP contribution in [0.25, 0.3) is 0 Å². The summed E-state index contributed by atoms with van der Waals surface area (Å²) in [5.74, 6) is -0.842. The zero-order chi connectivity index (χ0) is 21.9. The number of aliphatic carboxylic acids is 1. The smallest absolute Gasteiger partial charge is 0.416 e. The van der Waals surface area contributed by atoms with Crippen molar-refractivity contribution in [2.45, 2.75) is 43.0 Å². The van der Waals surface area contributed by atoms with E-state index in [4.69, 9.17) is 5.11 Å². The predicted molar refractivity (Wildman–Crippen MR) is 110 cm³/mol. The molecule has 3 aromatic rings. The highest BCUT2D eigenvalue weighted by atomic mass is 32.2. The van der Waals surface area contributed by atoms with Crippen molar-refractivity contribution < 1.29 is 23.1 Å². The van der Waals surface area contributed by atoms with Gasteiger partial charge in [0.1, 0.15) is 0 Å². The SMILES string of the molecule is Cc1cc(SC(c2cn[nH]c2)c2ccc(C(F)(F)F)c(C)c2)ccc1CCC(=O)O. The van der Waals surface area contributed by atoms with Crippen molar-refractivity contribution in [1.82, 2.24) is 10.2 Å². The van der Waals surface area contributed by atoms with E-state index in [9.17, 15) is 18.0 Å². The third-order valence-electron chi connectivity index (χ3n) is 4.86. The lowest BCUT2D eigenvalue weighted by atomic mass is 10.0. The summed E-state index contributed by atoms with van der Waals surface area (Å²) in [5.41, 5.74) is 3.09. The molecule has 0 fully saturated rings. The molecule has 4 nitrogen and oxygen atoms in total. The molecule has 0 spiro atoms. The third-order valence-corrected chi connectivity index (χ3v) is 6.16. The Bertz CT molecular complexity index is 1030. The highest BCUT2D eigenvalue weighted by Crippen LogP contribution is 2.42. The summed E-state index contributed by atoms with van der Waals surface area (Å²) in [6.45, 7) is 3.39. The van der Waals surface area contributed by atoms with Crippen LogP contribution in [0.3, 0.4) is 0 Å². The van der Waals surface area contributed by atoms with Crippen LogP contribution in [0.1, 0.15) is 45.1 Å². The van der Waals surface area contributed by atoms with Gasteiger partial charge in [-0.3, -0.25) is 9.89 Å². The van der Waals surface area contributed by atoms with Gasteiger partial charge in [-0.15, -0.1) is 11.8 Å². The minimum absolute atomic E-state index is 0.0653. The van der Waals surface area contributed by atoms with Gasteiger partial charge in [0.25, 0.3) is 0 Å². The first-order valence-electron chi connectivity index (χ1n) is 9.29. The normalized spacial score (nSPS) is 12.7. The maximum absolute atomic E-state index is 13.1. The minimum atomic E-state index is -4.39. The van der Waals surface area contributed by atoms with Crippen LogP contribution in [0.15, 0.2) is 53.7 Å². The summed E-state index contributed by atoms with van der Waals surface area (Å²) in [6.07, 6.45) is -0.466. The van der Waals surface area contributed by atoms with Gasteiger partial charge in [0.05, 0.1) is 17.0 Å². The molecule has 1 heterocycles. The number of H-pyrrole nitrogens is 1. The number of hydrogen-bond donors (Lipinski definition) is 2. The average molecular weight is 434 g/mol. The quantitative estimate of drug-likeness (QED) is 0.452. The van der Waals surface area contributed by atoms with Gasteiger partial charge in [0.15, 0.2) is 0 Å². The number of carboxylic acids is 1. The van der Waals surface area contributed by atoms with Gasteiger partial charge in [-0.05, 0) is 60.7 Å². The first kappa shape index (κ1) is 22.0. The lowest BCUT2D eigenvalue weighted by molar-refractivity contribution is -0.138. The van der Waals surface area contributed by atoms with Crippen molar-refractivity contribution in [2.75, 3.05) is 0 Å². The summed E-state index contributed by atoms with van der Waals surface area (Å²) in [4.78, 5) is 11.8. The van der Waals surface area contributed by atoms with E-state index < -0.39 is 17.7 Å². The van der Waals surface area contributed by atoms with Crippen LogP contribution < -0.4 is 0 Å². The molecule has 0 saturated heterocycles. The fourth-order valence-corrected chi connectivity index (χ4v) is 4.51. The summed E-state index contributed by atoms with van der Waals surface area (Å²) in [7, 11) is 0. The second-order valence-electron chi connectivity index (χ2n) is 7.08. The van der Waals surface area contributed by atoms with E-state index in [2.05, 4.69) is 10.2 Å². The average Bonchev–Trinajstić information content (AvgIpc) is 3.18.